The highest BCUT2D eigenvalue weighted by Gasteiger charge is 2.30. The summed E-state index contributed by atoms with van der Waals surface area (Å²) in [5.74, 6) is -1.26. The molecule has 3 aromatic carbocycles. The molecule has 0 saturated carbocycles. The van der Waals surface area contributed by atoms with Crippen LogP contribution in [-0.2, 0) is 17.8 Å². The average molecular weight is 373 g/mol. The standard InChI is InChI=1S/C24H23NO3/c26-23(21-14-8-3-9-15-21)25(18-20-12-6-2-7-13-20)22(24(27)28)17-16-19-10-4-1-5-11-19/h1-15,22H,16-18H2,(H,27,28). The number of hydrogen-bond acceptors (Lipinski definition) is 2. The van der Waals surface area contributed by atoms with Gasteiger partial charge in [0.2, 0.25) is 0 Å². The van der Waals surface area contributed by atoms with E-state index in [1.165, 1.54) is 4.90 Å². The number of carbonyl (C=O) groups excluding carboxylic acids is 1. The van der Waals surface area contributed by atoms with Crippen molar-refractivity contribution in [3.8, 4) is 0 Å². The number of carboxylic acid groups (broad SMARTS) is 1. The van der Waals surface area contributed by atoms with Crippen molar-refractivity contribution in [2.24, 2.45) is 0 Å². The van der Waals surface area contributed by atoms with Crippen LogP contribution in [0.5, 0.6) is 0 Å². The molecule has 1 unspecified atom stereocenters. The third kappa shape index (κ3) is 5.07. The second-order valence-corrected chi connectivity index (χ2v) is 6.66. The molecule has 1 atom stereocenters. The summed E-state index contributed by atoms with van der Waals surface area (Å²) >= 11 is 0. The van der Waals surface area contributed by atoms with Crippen molar-refractivity contribution in [2.75, 3.05) is 0 Å². The molecule has 1 N–H and O–H groups in total. The number of rotatable bonds is 8. The maximum atomic E-state index is 13.2. The van der Waals surface area contributed by atoms with E-state index in [1.807, 2.05) is 66.7 Å². The van der Waals surface area contributed by atoms with Gasteiger partial charge in [0.15, 0.2) is 0 Å². The Labute approximate surface area is 165 Å². The van der Waals surface area contributed by atoms with Crippen LogP contribution < -0.4 is 0 Å². The normalized spacial score (nSPS) is 11.6. The number of aryl methyl sites for hydroxylation is 1. The summed E-state index contributed by atoms with van der Waals surface area (Å²) in [6.07, 6.45) is 0.940. The molecule has 4 heteroatoms. The van der Waals surface area contributed by atoms with Gasteiger partial charge in [0, 0.05) is 12.1 Å². The first-order chi connectivity index (χ1) is 13.6. The largest absolute Gasteiger partial charge is 0.480 e. The Morgan fingerprint density at radius 2 is 1.25 bits per heavy atom. The molecule has 0 fully saturated rings. The summed E-state index contributed by atoms with van der Waals surface area (Å²) in [5, 5.41) is 9.90. The van der Waals surface area contributed by atoms with Crippen LogP contribution in [-0.4, -0.2) is 27.9 Å². The molecular weight excluding hydrogens is 350 g/mol. The monoisotopic (exact) mass is 373 g/mol. The van der Waals surface area contributed by atoms with Crippen LogP contribution in [0.25, 0.3) is 0 Å². The van der Waals surface area contributed by atoms with Crippen molar-refractivity contribution in [1.82, 2.24) is 4.90 Å². The molecule has 0 saturated heterocycles. The van der Waals surface area contributed by atoms with Gasteiger partial charge in [-0.25, -0.2) is 4.79 Å². The smallest absolute Gasteiger partial charge is 0.326 e. The van der Waals surface area contributed by atoms with Gasteiger partial charge in [-0.05, 0) is 36.1 Å². The number of hydrogen-bond donors (Lipinski definition) is 1. The fourth-order valence-corrected chi connectivity index (χ4v) is 3.21. The summed E-state index contributed by atoms with van der Waals surface area (Å²) in [4.78, 5) is 26.7. The molecule has 0 aliphatic heterocycles. The van der Waals surface area contributed by atoms with Gasteiger partial charge in [-0.3, -0.25) is 4.79 Å². The SMILES string of the molecule is O=C(O)C(CCc1ccccc1)N(Cc1ccccc1)C(=O)c1ccccc1. The third-order valence-corrected chi connectivity index (χ3v) is 4.69. The van der Waals surface area contributed by atoms with E-state index in [2.05, 4.69) is 0 Å². The lowest BCUT2D eigenvalue weighted by atomic mass is 10.0. The molecule has 0 heterocycles. The quantitative estimate of drug-likeness (QED) is 0.636. The molecule has 1 amide bonds. The molecule has 0 radical (unpaired) electrons. The first-order valence-corrected chi connectivity index (χ1v) is 9.32. The number of carbonyl (C=O) groups is 2. The first kappa shape index (κ1) is 19.4. The maximum absolute atomic E-state index is 13.2. The van der Waals surface area contributed by atoms with Gasteiger partial charge in [-0.1, -0.05) is 78.9 Å². The summed E-state index contributed by atoms with van der Waals surface area (Å²) in [6, 6.07) is 27.2. The van der Waals surface area contributed by atoms with Crippen molar-refractivity contribution >= 4 is 11.9 Å². The lowest BCUT2D eigenvalue weighted by Gasteiger charge is -2.29. The number of carboxylic acids is 1. The van der Waals surface area contributed by atoms with Gasteiger partial charge >= 0.3 is 5.97 Å². The third-order valence-electron chi connectivity index (χ3n) is 4.69. The topological polar surface area (TPSA) is 57.6 Å². The van der Waals surface area contributed by atoms with E-state index in [-0.39, 0.29) is 12.5 Å². The number of aliphatic carboxylic acids is 1. The summed E-state index contributed by atoms with van der Waals surface area (Å²) in [5.41, 5.74) is 2.45. The van der Waals surface area contributed by atoms with E-state index in [0.29, 0.717) is 18.4 Å². The zero-order valence-corrected chi connectivity index (χ0v) is 15.6. The minimum Gasteiger partial charge on any atom is -0.480 e. The lowest BCUT2D eigenvalue weighted by molar-refractivity contribution is -0.142. The number of nitrogens with zero attached hydrogens (tertiary/aromatic N) is 1. The predicted molar refractivity (Wildman–Crippen MR) is 109 cm³/mol. The predicted octanol–water partition coefficient (Wildman–Crippen LogP) is 4.42. The van der Waals surface area contributed by atoms with Crippen LogP contribution in [0.4, 0.5) is 0 Å². The Morgan fingerprint density at radius 3 is 1.79 bits per heavy atom. The Balaban J connectivity index is 1.87. The minimum absolute atomic E-state index is 0.250. The Hall–Kier alpha value is -3.40. The molecule has 3 aromatic rings. The van der Waals surface area contributed by atoms with Gasteiger partial charge in [0.25, 0.3) is 5.91 Å². The second kappa shape index (κ2) is 9.51. The van der Waals surface area contributed by atoms with Crippen LogP contribution in [0.15, 0.2) is 91.0 Å². The highest BCUT2D eigenvalue weighted by molar-refractivity contribution is 5.96. The molecule has 0 aliphatic carbocycles. The molecule has 0 bridgehead atoms. The fraction of sp³-hybridized carbons (Fsp3) is 0.167. The molecular formula is C24H23NO3. The summed E-state index contributed by atoms with van der Waals surface area (Å²) < 4.78 is 0. The summed E-state index contributed by atoms with van der Waals surface area (Å²) in [6.45, 7) is 0.250. The Bertz CT molecular complexity index is 895. The van der Waals surface area contributed by atoms with Gasteiger partial charge in [0.1, 0.15) is 6.04 Å². The molecule has 4 nitrogen and oxygen atoms in total. The molecule has 3 rings (SSSR count). The van der Waals surface area contributed by atoms with Gasteiger partial charge < -0.3 is 10.0 Å². The van der Waals surface area contributed by atoms with Crippen molar-refractivity contribution < 1.29 is 14.7 Å². The van der Waals surface area contributed by atoms with Crippen LogP contribution in [0.1, 0.15) is 27.9 Å². The van der Waals surface area contributed by atoms with E-state index in [1.54, 1.807) is 24.3 Å². The fourth-order valence-electron chi connectivity index (χ4n) is 3.21. The molecule has 142 valence electrons. The van der Waals surface area contributed by atoms with E-state index in [0.717, 1.165) is 11.1 Å². The van der Waals surface area contributed by atoms with E-state index >= 15 is 0 Å². The molecule has 0 aromatic heterocycles. The number of benzene rings is 3. The van der Waals surface area contributed by atoms with Crippen molar-refractivity contribution in [2.45, 2.75) is 25.4 Å². The van der Waals surface area contributed by atoms with Crippen LogP contribution in [0, 0.1) is 0 Å². The van der Waals surface area contributed by atoms with Crippen LogP contribution in [0.3, 0.4) is 0 Å². The highest BCUT2D eigenvalue weighted by atomic mass is 16.4. The van der Waals surface area contributed by atoms with Crippen molar-refractivity contribution in [3.05, 3.63) is 108 Å². The number of amides is 1. The van der Waals surface area contributed by atoms with Gasteiger partial charge in [-0.2, -0.15) is 0 Å². The minimum atomic E-state index is -0.990. The van der Waals surface area contributed by atoms with E-state index in [4.69, 9.17) is 0 Å². The first-order valence-electron chi connectivity index (χ1n) is 9.32. The van der Waals surface area contributed by atoms with Gasteiger partial charge in [0.05, 0.1) is 0 Å². The molecule has 0 spiro atoms. The van der Waals surface area contributed by atoms with E-state index < -0.39 is 12.0 Å². The molecule has 28 heavy (non-hydrogen) atoms. The Morgan fingerprint density at radius 1 is 0.750 bits per heavy atom. The van der Waals surface area contributed by atoms with Crippen LogP contribution in [0.2, 0.25) is 0 Å². The Kier molecular flexibility index (Phi) is 6.58. The highest BCUT2D eigenvalue weighted by Crippen LogP contribution is 2.18. The van der Waals surface area contributed by atoms with Gasteiger partial charge in [-0.15, -0.1) is 0 Å². The van der Waals surface area contributed by atoms with Crippen LogP contribution >= 0.6 is 0 Å². The second-order valence-electron chi connectivity index (χ2n) is 6.66. The summed E-state index contributed by atoms with van der Waals surface area (Å²) in [7, 11) is 0. The zero-order valence-electron chi connectivity index (χ0n) is 15.6. The maximum Gasteiger partial charge on any atom is 0.326 e. The zero-order chi connectivity index (χ0) is 19.8. The average Bonchev–Trinajstić information content (AvgIpc) is 2.74. The van der Waals surface area contributed by atoms with Crippen molar-refractivity contribution in [3.63, 3.8) is 0 Å². The van der Waals surface area contributed by atoms with E-state index in [9.17, 15) is 14.7 Å². The van der Waals surface area contributed by atoms with Crippen molar-refractivity contribution in [1.29, 1.82) is 0 Å². The molecule has 0 aliphatic rings. The lowest BCUT2D eigenvalue weighted by Crippen LogP contribution is -2.45.